The van der Waals surface area contributed by atoms with Gasteiger partial charge in [0.2, 0.25) is 0 Å². The van der Waals surface area contributed by atoms with Gasteiger partial charge in [0.25, 0.3) is 0 Å². The molecule has 5 nitrogen and oxygen atoms in total. The summed E-state index contributed by atoms with van der Waals surface area (Å²) in [6, 6.07) is 1.87. The zero-order chi connectivity index (χ0) is 12.3. The van der Waals surface area contributed by atoms with Crippen LogP contribution in [0.4, 0.5) is 5.69 Å². The molecule has 0 amide bonds. The van der Waals surface area contributed by atoms with Crippen molar-refractivity contribution in [2.24, 2.45) is 5.73 Å². The first-order valence-corrected chi connectivity index (χ1v) is 5.90. The third kappa shape index (κ3) is 2.39. The van der Waals surface area contributed by atoms with Gasteiger partial charge in [0.15, 0.2) is 0 Å². The smallest absolute Gasteiger partial charge is 0.125 e. The molecule has 1 fully saturated rings. The monoisotopic (exact) mass is 234 g/mol. The summed E-state index contributed by atoms with van der Waals surface area (Å²) in [5.41, 5.74) is 7.13. The molecule has 1 saturated heterocycles. The van der Waals surface area contributed by atoms with E-state index in [1.165, 1.54) is 0 Å². The van der Waals surface area contributed by atoms with Gasteiger partial charge in [0, 0.05) is 18.3 Å². The average molecular weight is 234 g/mol. The SMILES string of the molecule is N=C(N)c1ccncc1N1CCCCC1CO. The lowest BCUT2D eigenvalue weighted by Crippen LogP contribution is -2.43. The standard InChI is InChI=1S/C12H18N4O/c13-12(14)10-4-5-15-7-11(10)16-6-2-1-3-9(16)8-17/h4-5,7,9,17H,1-3,6,8H2,(H3,13,14). The highest BCUT2D eigenvalue weighted by Crippen LogP contribution is 2.26. The number of nitrogens with zero attached hydrogens (tertiary/aromatic N) is 2. The summed E-state index contributed by atoms with van der Waals surface area (Å²) < 4.78 is 0. The van der Waals surface area contributed by atoms with E-state index in [4.69, 9.17) is 11.1 Å². The summed E-state index contributed by atoms with van der Waals surface area (Å²) in [6.45, 7) is 1.02. The molecule has 17 heavy (non-hydrogen) atoms. The minimum absolute atomic E-state index is 0.0460. The second-order valence-electron chi connectivity index (χ2n) is 4.33. The molecule has 1 aromatic rings. The number of aliphatic hydroxyl groups is 1. The third-order valence-corrected chi connectivity index (χ3v) is 3.24. The maximum Gasteiger partial charge on any atom is 0.125 e. The number of nitrogens with two attached hydrogens (primary N) is 1. The number of rotatable bonds is 3. The van der Waals surface area contributed by atoms with Crippen molar-refractivity contribution in [1.29, 1.82) is 5.41 Å². The van der Waals surface area contributed by atoms with Crippen LogP contribution in [0.2, 0.25) is 0 Å². The minimum atomic E-state index is 0.0460. The van der Waals surface area contributed by atoms with Crippen molar-refractivity contribution in [2.45, 2.75) is 25.3 Å². The molecule has 5 heteroatoms. The molecule has 0 aliphatic carbocycles. The van der Waals surface area contributed by atoms with E-state index >= 15 is 0 Å². The molecule has 92 valence electrons. The van der Waals surface area contributed by atoms with E-state index in [0.29, 0.717) is 5.56 Å². The van der Waals surface area contributed by atoms with Gasteiger partial charge >= 0.3 is 0 Å². The molecule has 2 rings (SSSR count). The number of anilines is 1. The van der Waals surface area contributed by atoms with Crippen molar-refractivity contribution in [1.82, 2.24) is 4.98 Å². The molecule has 0 saturated carbocycles. The van der Waals surface area contributed by atoms with E-state index in [0.717, 1.165) is 31.5 Å². The number of nitrogens with one attached hydrogen (secondary N) is 1. The second kappa shape index (κ2) is 5.14. The highest BCUT2D eigenvalue weighted by atomic mass is 16.3. The van der Waals surface area contributed by atoms with E-state index in [9.17, 15) is 5.11 Å². The lowest BCUT2D eigenvalue weighted by atomic mass is 10.0. The van der Waals surface area contributed by atoms with Gasteiger partial charge < -0.3 is 15.7 Å². The Morgan fingerprint density at radius 1 is 1.59 bits per heavy atom. The van der Waals surface area contributed by atoms with Crippen LogP contribution in [0.15, 0.2) is 18.5 Å². The molecule has 1 aliphatic rings. The summed E-state index contributed by atoms with van der Waals surface area (Å²) in [4.78, 5) is 6.21. The largest absolute Gasteiger partial charge is 0.394 e. The van der Waals surface area contributed by atoms with Gasteiger partial charge in [0.1, 0.15) is 5.84 Å². The van der Waals surface area contributed by atoms with Crippen LogP contribution in [0, 0.1) is 5.41 Å². The van der Waals surface area contributed by atoms with Crippen LogP contribution in [0.5, 0.6) is 0 Å². The van der Waals surface area contributed by atoms with Crippen LogP contribution in [-0.4, -0.2) is 35.1 Å². The Morgan fingerprint density at radius 3 is 3.12 bits per heavy atom. The lowest BCUT2D eigenvalue weighted by molar-refractivity contribution is 0.240. The molecular formula is C12H18N4O. The van der Waals surface area contributed by atoms with Crippen LogP contribution in [-0.2, 0) is 0 Å². The minimum Gasteiger partial charge on any atom is -0.394 e. The van der Waals surface area contributed by atoms with Crippen molar-refractivity contribution in [3.63, 3.8) is 0 Å². The van der Waals surface area contributed by atoms with Gasteiger partial charge in [-0.15, -0.1) is 0 Å². The van der Waals surface area contributed by atoms with Crippen LogP contribution in [0.1, 0.15) is 24.8 Å². The van der Waals surface area contributed by atoms with Gasteiger partial charge in [-0.3, -0.25) is 10.4 Å². The topological polar surface area (TPSA) is 86.2 Å². The molecule has 2 heterocycles. The highest BCUT2D eigenvalue weighted by Gasteiger charge is 2.24. The normalized spacial score (nSPS) is 20.3. The molecule has 1 aliphatic heterocycles. The number of pyridine rings is 1. The van der Waals surface area contributed by atoms with Crippen LogP contribution < -0.4 is 10.6 Å². The number of piperidine rings is 1. The molecule has 1 aromatic heterocycles. The summed E-state index contributed by atoms with van der Waals surface area (Å²) in [7, 11) is 0. The van der Waals surface area contributed by atoms with Gasteiger partial charge in [0.05, 0.1) is 24.5 Å². The van der Waals surface area contributed by atoms with Gasteiger partial charge in [-0.1, -0.05) is 0 Å². The highest BCUT2D eigenvalue weighted by molar-refractivity contribution is 6.00. The summed E-state index contributed by atoms with van der Waals surface area (Å²) in [5.74, 6) is 0.0460. The van der Waals surface area contributed by atoms with E-state index in [2.05, 4.69) is 9.88 Å². The van der Waals surface area contributed by atoms with Gasteiger partial charge in [-0.05, 0) is 25.3 Å². The Balaban J connectivity index is 2.34. The fourth-order valence-corrected chi connectivity index (χ4v) is 2.35. The van der Waals surface area contributed by atoms with Crippen molar-refractivity contribution < 1.29 is 5.11 Å². The van der Waals surface area contributed by atoms with E-state index < -0.39 is 0 Å². The van der Waals surface area contributed by atoms with E-state index in [1.54, 1.807) is 18.5 Å². The Morgan fingerprint density at radius 2 is 2.41 bits per heavy atom. The van der Waals surface area contributed by atoms with Crippen LogP contribution in [0.25, 0.3) is 0 Å². The van der Waals surface area contributed by atoms with Crippen molar-refractivity contribution in [3.8, 4) is 0 Å². The van der Waals surface area contributed by atoms with E-state index in [-0.39, 0.29) is 18.5 Å². The maximum absolute atomic E-state index is 9.41. The molecule has 1 unspecified atom stereocenters. The summed E-state index contributed by atoms with van der Waals surface area (Å²) in [6.07, 6.45) is 6.58. The Hall–Kier alpha value is -1.62. The zero-order valence-electron chi connectivity index (χ0n) is 9.76. The van der Waals surface area contributed by atoms with Crippen LogP contribution >= 0.6 is 0 Å². The molecule has 0 bridgehead atoms. The van der Waals surface area contributed by atoms with E-state index in [1.807, 2.05) is 0 Å². The summed E-state index contributed by atoms with van der Waals surface area (Å²) in [5, 5.41) is 17.0. The van der Waals surface area contributed by atoms with Gasteiger partial charge in [-0.2, -0.15) is 0 Å². The maximum atomic E-state index is 9.41. The predicted molar refractivity (Wildman–Crippen MR) is 67.3 cm³/mol. The summed E-state index contributed by atoms with van der Waals surface area (Å²) >= 11 is 0. The first-order chi connectivity index (χ1) is 8.24. The number of hydrogen-bond donors (Lipinski definition) is 3. The Bertz CT molecular complexity index is 407. The molecule has 4 N–H and O–H groups in total. The van der Waals surface area contributed by atoms with Crippen LogP contribution in [0.3, 0.4) is 0 Å². The van der Waals surface area contributed by atoms with Crippen molar-refractivity contribution in [3.05, 3.63) is 24.0 Å². The molecule has 0 radical (unpaired) electrons. The lowest BCUT2D eigenvalue weighted by Gasteiger charge is -2.37. The zero-order valence-corrected chi connectivity index (χ0v) is 9.76. The Kier molecular flexibility index (Phi) is 3.58. The van der Waals surface area contributed by atoms with Crippen molar-refractivity contribution in [2.75, 3.05) is 18.1 Å². The first kappa shape index (κ1) is 11.9. The molecular weight excluding hydrogens is 216 g/mol. The third-order valence-electron chi connectivity index (χ3n) is 3.24. The fraction of sp³-hybridized carbons (Fsp3) is 0.500. The predicted octanol–water partition coefficient (Wildman–Crippen LogP) is 0.717. The Labute approximate surface area is 101 Å². The van der Waals surface area contributed by atoms with Gasteiger partial charge in [-0.25, -0.2) is 0 Å². The number of amidine groups is 1. The first-order valence-electron chi connectivity index (χ1n) is 5.90. The second-order valence-corrected chi connectivity index (χ2v) is 4.33. The quantitative estimate of drug-likeness (QED) is 0.531. The molecule has 1 atom stereocenters. The molecule has 0 aromatic carbocycles. The number of aromatic nitrogens is 1. The van der Waals surface area contributed by atoms with Crippen molar-refractivity contribution >= 4 is 11.5 Å². The number of aliphatic hydroxyl groups excluding tert-OH is 1. The number of nitrogen functional groups attached to an aromatic ring is 1. The average Bonchev–Trinajstić information content (AvgIpc) is 2.38. The number of hydrogen-bond acceptors (Lipinski definition) is 4. The molecule has 0 spiro atoms. The fourth-order valence-electron chi connectivity index (χ4n) is 2.35.